The van der Waals surface area contributed by atoms with E-state index in [2.05, 4.69) is 37.1 Å². The molecule has 2 aliphatic carbocycles. The fourth-order valence-electron chi connectivity index (χ4n) is 4.50. The van der Waals surface area contributed by atoms with E-state index in [4.69, 9.17) is 11.6 Å². The fraction of sp³-hybridized carbons (Fsp3) is 0.688. The summed E-state index contributed by atoms with van der Waals surface area (Å²) in [4.78, 5) is 4.35. The molecule has 1 N–H and O–H groups in total. The zero-order valence-electron chi connectivity index (χ0n) is 12.3. The van der Waals surface area contributed by atoms with E-state index in [1.165, 1.54) is 19.3 Å². The van der Waals surface area contributed by atoms with Gasteiger partial charge >= 0.3 is 0 Å². The average molecular weight is 279 g/mol. The molecular formula is C16H23ClN2. The summed E-state index contributed by atoms with van der Waals surface area (Å²) in [6.07, 6.45) is 4.09. The number of anilines is 1. The number of nitrogens with one attached hydrogen (secondary N) is 1. The first-order chi connectivity index (χ1) is 8.83. The van der Waals surface area contributed by atoms with Crippen molar-refractivity contribution in [2.45, 2.75) is 53.0 Å². The van der Waals surface area contributed by atoms with Gasteiger partial charge in [-0.3, -0.25) is 0 Å². The van der Waals surface area contributed by atoms with Crippen LogP contribution in [-0.2, 0) is 0 Å². The van der Waals surface area contributed by atoms with E-state index >= 15 is 0 Å². The summed E-state index contributed by atoms with van der Waals surface area (Å²) >= 11 is 5.94. The Kier molecular flexibility index (Phi) is 2.87. The number of aryl methyl sites for hydroxylation is 1. The second kappa shape index (κ2) is 4.12. The highest BCUT2D eigenvalue weighted by atomic mass is 35.5. The van der Waals surface area contributed by atoms with Gasteiger partial charge in [0.25, 0.3) is 0 Å². The Bertz CT molecular complexity index is 507. The molecule has 2 bridgehead atoms. The van der Waals surface area contributed by atoms with E-state index in [1.54, 1.807) is 0 Å². The average Bonchev–Trinajstić information content (AvgIpc) is 2.78. The predicted octanol–water partition coefficient (Wildman–Crippen LogP) is 4.67. The van der Waals surface area contributed by atoms with Crippen LogP contribution in [0.15, 0.2) is 12.1 Å². The minimum Gasteiger partial charge on any atom is -0.380 e. The molecule has 0 amide bonds. The molecule has 2 aliphatic rings. The highest BCUT2D eigenvalue weighted by Gasteiger charge is 2.59. The Balaban J connectivity index is 1.90. The van der Waals surface area contributed by atoms with Crippen LogP contribution in [0.25, 0.3) is 0 Å². The monoisotopic (exact) mass is 278 g/mol. The van der Waals surface area contributed by atoms with Crippen molar-refractivity contribution in [3.63, 3.8) is 0 Å². The van der Waals surface area contributed by atoms with Gasteiger partial charge in [0.05, 0.1) is 11.4 Å². The lowest BCUT2D eigenvalue weighted by atomic mass is 9.68. The van der Waals surface area contributed by atoms with Gasteiger partial charge in [-0.25, -0.2) is 4.98 Å². The number of aromatic nitrogens is 1. The van der Waals surface area contributed by atoms with E-state index < -0.39 is 0 Å². The van der Waals surface area contributed by atoms with E-state index in [1.807, 2.05) is 13.0 Å². The summed E-state index contributed by atoms with van der Waals surface area (Å²) in [6, 6.07) is 4.47. The molecule has 1 unspecified atom stereocenters. The number of pyridine rings is 1. The molecule has 1 heterocycles. The van der Waals surface area contributed by atoms with Gasteiger partial charge in [-0.05, 0) is 55.1 Å². The second-order valence-electron chi connectivity index (χ2n) is 7.26. The van der Waals surface area contributed by atoms with Gasteiger partial charge in [0.15, 0.2) is 0 Å². The lowest BCUT2D eigenvalue weighted by Crippen LogP contribution is -2.45. The zero-order valence-corrected chi connectivity index (χ0v) is 13.0. The van der Waals surface area contributed by atoms with Crippen LogP contribution in [0, 0.1) is 23.7 Å². The van der Waals surface area contributed by atoms with Crippen LogP contribution in [0.3, 0.4) is 0 Å². The first kappa shape index (κ1) is 13.2. The number of fused-ring (bicyclic) bond motifs is 2. The molecule has 1 aromatic rings. The Hall–Kier alpha value is -0.760. The Labute approximate surface area is 121 Å². The fourth-order valence-corrected chi connectivity index (χ4v) is 4.69. The standard InChI is InChI=1S/C16H23ClN2/c1-10-12(5-6-13(17)18-10)19-14-15(2,3)11-7-8-16(14,4)9-11/h5-6,11,14,19H,7-9H2,1-4H3/t11-,14?,16+/m0/s1. The first-order valence-electron chi connectivity index (χ1n) is 7.23. The number of hydrogen-bond acceptors (Lipinski definition) is 2. The number of nitrogens with zero attached hydrogens (tertiary/aromatic N) is 1. The number of rotatable bonds is 2. The minimum absolute atomic E-state index is 0.360. The summed E-state index contributed by atoms with van der Waals surface area (Å²) in [7, 11) is 0. The molecule has 3 heteroatoms. The lowest BCUT2D eigenvalue weighted by molar-refractivity contribution is 0.155. The number of hydrogen-bond donors (Lipinski definition) is 1. The second-order valence-corrected chi connectivity index (χ2v) is 7.65. The largest absolute Gasteiger partial charge is 0.380 e. The molecule has 19 heavy (non-hydrogen) atoms. The van der Waals surface area contributed by atoms with E-state index in [9.17, 15) is 0 Å². The third kappa shape index (κ3) is 1.96. The van der Waals surface area contributed by atoms with Crippen molar-refractivity contribution >= 4 is 17.3 Å². The normalized spacial score (nSPS) is 35.6. The van der Waals surface area contributed by atoms with Crippen LogP contribution in [0.1, 0.15) is 45.7 Å². The Morgan fingerprint density at radius 3 is 2.63 bits per heavy atom. The van der Waals surface area contributed by atoms with Crippen molar-refractivity contribution in [1.29, 1.82) is 0 Å². The molecule has 104 valence electrons. The molecule has 0 saturated heterocycles. The van der Waals surface area contributed by atoms with E-state index in [-0.39, 0.29) is 0 Å². The third-order valence-corrected chi connectivity index (χ3v) is 5.83. The summed E-state index contributed by atoms with van der Waals surface area (Å²) in [5.74, 6) is 0.857. The quantitative estimate of drug-likeness (QED) is 0.795. The predicted molar refractivity (Wildman–Crippen MR) is 80.6 cm³/mol. The molecule has 1 aromatic heterocycles. The van der Waals surface area contributed by atoms with Crippen molar-refractivity contribution < 1.29 is 0 Å². The molecule has 0 aliphatic heterocycles. The van der Waals surface area contributed by atoms with Crippen molar-refractivity contribution in [3.8, 4) is 0 Å². The van der Waals surface area contributed by atoms with Gasteiger partial charge in [-0.15, -0.1) is 0 Å². The van der Waals surface area contributed by atoms with Gasteiger partial charge in [0, 0.05) is 6.04 Å². The highest BCUT2D eigenvalue weighted by molar-refractivity contribution is 6.29. The van der Waals surface area contributed by atoms with Crippen molar-refractivity contribution in [2.75, 3.05) is 5.32 Å². The van der Waals surface area contributed by atoms with Crippen LogP contribution < -0.4 is 5.32 Å². The first-order valence-corrected chi connectivity index (χ1v) is 7.60. The molecule has 2 fully saturated rings. The summed E-state index contributed by atoms with van der Waals surface area (Å²) in [5, 5.41) is 4.35. The maximum atomic E-state index is 5.94. The molecule has 0 spiro atoms. The van der Waals surface area contributed by atoms with Crippen LogP contribution >= 0.6 is 11.6 Å². The third-order valence-electron chi connectivity index (χ3n) is 5.62. The molecule has 2 nitrogen and oxygen atoms in total. The van der Waals surface area contributed by atoms with Crippen molar-refractivity contribution in [2.24, 2.45) is 16.7 Å². The molecule has 0 radical (unpaired) electrons. The van der Waals surface area contributed by atoms with Gasteiger partial charge in [-0.2, -0.15) is 0 Å². The van der Waals surface area contributed by atoms with Crippen LogP contribution in [-0.4, -0.2) is 11.0 Å². The Morgan fingerprint density at radius 2 is 2.05 bits per heavy atom. The van der Waals surface area contributed by atoms with E-state index in [0.29, 0.717) is 22.0 Å². The smallest absolute Gasteiger partial charge is 0.129 e. The molecule has 2 saturated carbocycles. The van der Waals surface area contributed by atoms with Gasteiger partial charge in [0.2, 0.25) is 0 Å². The maximum Gasteiger partial charge on any atom is 0.129 e. The van der Waals surface area contributed by atoms with Gasteiger partial charge in [0.1, 0.15) is 5.15 Å². The highest BCUT2D eigenvalue weighted by Crippen LogP contribution is 2.63. The molecule has 0 aromatic carbocycles. The minimum atomic E-state index is 0.360. The zero-order chi connectivity index (χ0) is 13.8. The number of halogens is 1. The molecule has 3 rings (SSSR count). The van der Waals surface area contributed by atoms with Crippen molar-refractivity contribution in [1.82, 2.24) is 4.98 Å². The Morgan fingerprint density at radius 1 is 1.32 bits per heavy atom. The SMILES string of the molecule is Cc1nc(Cl)ccc1NC1C(C)(C)[C@H]2CC[C@]1(C)C2. The maximum absolute atomic E-state index is 5.94. The summed E-state index contributed by atoms with van der Waals surface area (Å²) in [6.45, 7) is 9.30. The van der Waals surface area contributed by atoms with Crippen molar-refractivity contribution in [3.05, 3.63) is 23.0 Å². The van der Waals surface area contributed by atoms with Crippen LogP contribution in [0.2, 0.25) is 5.15 Å². The lowest BCUT2D eigenvalue weighted by Gasteiger charge is -2.43. The summed E-state index contributed by atoms with van der Waals surface area (Å²) < 4.78 is 0. The van der Waals surface area contributed by atoms with Crippen LogP contribution in [0.4, 0.5) is 5.69 Å². The molecular weight excluding hydrogens is 256 g/mol. The topological polar surface area (TPSA) is 24.9 Å². The summed E-state index contributed by atoms with van der Waals surface area (Å²) in [5.41, 5.74) is 2.92. The molecule has 3 atom stereocenters. The van der Waals surface area contributed by atoms with Gasteiger partial charge in [-0.1, -0.05) is 32.4 Å². The van der Waals surface area contributed by atoms with E-state index in [0.717, 1.165) is 17.3 Å². The van der Waals surface area contributed by atoms with Crippen LogP contribution in [0.5, 0.6) is 0 Å². The van der Waals surface area contributed by atoms with Gasteiger partial charge < -0.3 is 5.32 Å².